The van der Waals surface area contributed by atoms with E-state index in [0.29, 0.717) is 45.1 Å². The summed E-state index contributed by atoms with van der Waals surface area (Å²) in [5.74, 6) is -0.322. The van der Waals surface area contributed by atoms with Crippen molar-refractivity contribution in [1.29, 1.82) is 0 Å². The van der Waals surface area contributed by atoms with E-state index >= 15 is 0 Å². The number of likely N-dealkylation sites (tertiary alicyclic amines) is 1. The van der Waals surface area contributed by atoms with Crippen molar-refractivity contribution in [2.24, 2.45) is 10.7 Å². The van der Waals surface area contributed by atoms with Crippen LogP contribution in [-0.4, -0.2) is 78.6 Å². The number of aliphatic imine (C=N–C) groups is 1. The van der Waals surface area contributed by atoms with Gasteiger partial charge in [-0.25, -0.2) is 9.59 Å². The van der Waals surface area contributed by atoms with Crippen LogP contribution in [0.1, 0.15) is 57.6 Å². The molecule has 0 saturated carbocycles. The fourth-order valence-electron chi connectivity index (χ4n) is 5.03. The number of rotatable bonds is 14. The van der Waals surface area contributed by atoms with Gasteiger partial charge in [0.25, 0.3) is 0 Å². The lowest BCUT2D eigenvalue weighted by Crippen LogP contribution is -2.52. The number of amides is 3. The summed E-state index contributed by atoms with van der Waals surface area (Å²) in [5.41, 5.74) is 7.04. The zero-order chi connectivity index (χ0) is 32.7. The van der Waals surface area contributed by atoms with Gasteiger partial charge in [-0.05, 0) is 70.5 Å². The Morgan fingerprint density at radius 3 is 2.33 bits per heavy atom. The highest BCUT2D eigenvalue weighted by Crippen LogP contribution is 2.19. The van der Waals surface area contributed by atoms with Gasteiger partial charge in [0, 0.05) is 19.1 Å². The highest BCUT2D eigenvalue weighted by atomic mass is 16.6. The molecule has 3 atom stereocenters. The molecule has 0 unspecified atom stereocenters. The molecule has 1 fully saturated rings. The molecule has 1 aliphatic heterocycles. The molecule has 0 aromatic heterocycles. The smallest absolute Gasteiger partial charge is 0.414 e. The van der Waals surface area contributed by atoms with E-state index < -0.39 is 29.9 Å². The number of carbonyl (C=O) groups is 4. The first-order valence-corrected chi connectivity index (χ1v) is 15.3. The Kier molecular flexibility index (Phi) is 13.8. The largest absolute Gasteiger partial charge is 0.444 e. The molecule has 244 valence electrons. The lowest BCUT2D eigenvalue weighted by Gasteiger charge is -2.30. The van der Waals surface area contributed by atoms with Crippen LogP contribution in [0.5, 0.6) is 0 Å². The second-order valence-electron chi connectivity index (χ2n) is 12.0. The topological polar surface area (TPSA) is 164 Å². The van der Waals surface area contributed by atoms with E-state index in [9.17, 15) is 19.2 Å². The van der Waals surface area contributed by atoms with Gasteiger partial charge >= 0.3 is 12.2 Å². The lowest BCUT2D eigenvalue weighted by atomic mass is 10.0. The molecule has 0 radical (unpaired) electrons. The molecule has 1 heterocycles. The number of ether oxygens (including phenoxy) is 2. The van der Waals surface area contributed by atoms with Crippen molar-refractivity contribution in [1.82, 2.24) is 20.9 Å². The average Bonchev–Trinajstić information content (AvgIpc) is 3.45. The van der Waals surface area contributed by atoms with Crippen LogP contribution in [0.2, 0.25) is 0 Å². The fourth-order valence-corrected chi connectivity index (χ4v) is 5.03. The minimum atomic E-state index is -0.716. The van der Waals surface area contributed by atoms with Crippen LogP contribution in [0.15, 0.2) is 65.7 Å². The molecule has 0 spiro atoms. The Morgan fingerprint density at radius 1 is 1.02 bits per heavy atom. The number of guanidine groups is 1. The summed E-state index contributed by atoms with van der Waals surface area (Å²) in [5, 5.41) is 8.21. The number of carbonyl (C=O) groups excluding carboxylic acids is 4. The number of aldehydes is 1. The second kappa shape index (κ2) is 17.7. The van der Waals surface area contributed by atoms with Gasteiger partial charge in [-0.15, -0.1) is 0 Å². The maximum Gasteiger partial charge on any atom is 0.414 e. The third-order valence-electron chi connectivity index (χ3n) is 7.06. The summed E-state index contributed by atoms with van der Waals surface area (Å²) in [7, 11) is 0. The zero-order valence-electron chi connectivity index (χ0n) is 26.4. The van der Waals surface area contributed by atoms with Crippen LogP contribution in [-0.2, 0) is 32.1 Å². The molecule has 2 aromatic carbocycles. The van der Waals surface area contributed by atoms with E-state index in [1.165, 1.54) is 0 Å². The molecule has 0 aliphatic carbocycles. The number of nitrogens with zero attached hydrogens (tertiary/aromatic N) is 2. The quantitative estimate of drug-likeness (QED) is 0.108. The number of alkyl carbamates (subject to hydrolysis) is 2. The maximum absolute atomic E-state index is 13.3. The van der Waals surface area contributed by atoms with Crippen molar-refractivity contribution in [2.75, 3.05) is 19.6 Å². The van der Waals surface area contributed by atoms with Gasteiger partial charge in [-0.1, -0.05) is 60.7 Å². The van der Waals surface area contributed by atoms with Crippen molar-refractivity contribution in [2.45, 2.75) is 83.2 Å². The Morgan fingerprint density at radius 2 is 1.69 bits per heavy atom. The average molecular weight is 623 g/mol. The monoisotopic (exact) mass is 622 g/mol. The summed E-state index contributed by atoms with van der Waals surface area (Å²) in [6, 6.07) is 17.7. The standard InChI is InChI=1S/C33H46N6O6/c1-33(2,3)45-32(43)37-27(20-24-12-6-4-7-13-24)21-39-19-11-17-28(39)29(41)36-26(22-40)16-10-18-35-30(34)38-31(42)44-23-25-14-8-5-9-15-25/h4-9,12-15,22,26-28H,10-11,16-21,23H2,1-3H3,(H,36,41)(H,37,43)(H3,34,35,38,42)/t26-,27+,28-/m0/s1. The highest BCUT2D eigenvalue weighted by Gasteiger charge is 2.33. The number of hydrogen-bond donors (Lipinski definition) is 4. The first kappa shape index (κ1) is 35.0. The Labute approximate surface area is 265 Å². The molecule has 1 saturated heterocycles. The van der Waals surface area contributed by atoms with Crippen LogP contribution < -0.4 is 21.7 Å². The molecular formula is C33H46N6O6. The Hall–Kier alpha value is -4.45. The van der Waals surface area contributed by atoms with E-state index in [1.807, 2.05) is 81.4 Å². The van der Waals surface area contributed by atoms with Gasteiger partial charge in [-0.3, -0.25) is 20.0 Å². The van der Waals surface area contributed by atoms with Gasteiger partial charge in [0.15, 0.2) is 5.96 Å². The minimum absolute atomic E-state index is 0.0913. The number of benzene rings is 2. The summed E-state index contributed by atoms with van der Waals surface area (Å²) < 4.78 is 10.6. The first-order chi connectivity index (χ1) is 21.5. The summed E-state index contributed by atoms with van der Waals surface area (Å²) in [6.45, 7) is 6.93. The van der Waals surface area contributed by atoms with Gasteiger partial charge in [0.05, 0.1) is 12.1 Å². The van der Waals surface area contributed by atoms with E-state index in [0.717, 1.165) is 17.5 Å². The van der Waals surface area contributed by atoms with Crippen LogP contribution in [0.4, 0.5) is 9.59 Å². The van der Waals surface area contributed by atoms with Crippen LogP contribution in [0, 0.1) is 0 Å². The van der Waals surface area contributed by atoms with Crippen LogP contribution in [0.3, 0.4) is 0 Å². The molecule has 3 rings (SSSR count). The number of hydrogen-bond acceptors (Lipinski definition) is 8. The van der Waals surface area contributed by atoms with Crippen molar-refractivity contribution < 1.29 is 28.7 Å². The predicted octanol–water partition coefficient (Wildman–Crippen LogP) is 3.29. The molecule has 0 bridgehead atoms. The summed E-state index contributed by atoms with van der Waals surface area (Å²) >= 11 is 0. The molecule has 3 amide bonds. The highest BCUT2D eigenvalue weighted by molar-refractivity contribution is 5.92. The molecule has 5 N–H and O–H groups in total. The molecule has 2 aromatic rings. The number of nitrogens with one attached hydrogen (secondary N) is 3. The molecule has 1 aliphatic rings. The van der Waals surface area contributed by atoms with E-state index in [4.69, 9.17) is 15.2 Å². The number of nitrogens with two attached hydrogens (primary N) is 1. The van der Waals surface area contributed by atoms with E-state index in [2.05, 4.69) is 25.8 Å². The SMILES string of the molecule is CC(C)(C)OC(=O)N[C@H](Cc1ccccc1)CN1CCC[C@H]1C(=O)N[C@H](C=O)CCCN=C(N)NC(=O)OCc1ccccc1. The van der Waals surface area contributed by atoms with Crippen LogP contribution >= 0.6 is 0 Å². The van der Waals surface area contributed by atoms with Crippen molar-refractivity contribution in [3.63, 3.8) is 0 Å². The van der Waals surface area contributed by atoms with Crippen molar-refractivity contribution in [3.8, 4) is 0 Å². The molecule has 12 nitrogen and oxygen atoms in total. The fraction of sp³-hybridized carbons (Fsp3) is 0.485. The zero-order valence-corrected chi connectivity index (χ0v) is 26.4. The molecular weight excluding hydrogens is 576 g/mol. The Bertz CT molecular complexity index is 1270. The predicted molar refractivity (Wildman–Crippen MR) is 171 cm³/mol. The summed E-state index contributed by atoms with van der Waals surface area (Å²) in [4.78, 5) is 55.8. The third kappa shape index (κ3) is 13.4. The van der Waals surface area contributed by atoms with Crippen LogP contribution in [0.25, 0.3) is 0 Å². The van der Waals surface area contributed by atoms with E-state index in [-0.39, 0.29) is 31.1 Å². The molecule has 45 heavy (non-hydrogen) atoms. The normalized spacial score (nSPS) is 16.7. The first-order valence-electron chi connectivity index (χ1n) is 15.3. The lowest BCUT2D eigenvalue weighted by molar-refractivity contribution is -0.128. The maximum atomic E-state index is 13.3. The third-order valence-corrected chi connectivity index (χ3v) is 7.06. The van der Waals surface area contributed by atoms with Gasteiger partial charge in [-0.2, -0.15) is 0 Å². The minimum Gasteiger partial charge on any atom is -0.444 e. The Balaban J connectivity index is 1.47. The summed E-state index contributed by atoms with van der Waals surface area (Å²) in [6.07, 6.45) is 2.35. The second-order valence-corrected chi connectivity index (χ2v) is 12.0. The molecule has 12 heteroatoms. The van der Waals surface area contributed by atoms with Crippen molar-refractivity contribution in [3.05, 3.63) is 71.8 Å². The van der Waals surface area contributed by atoms with E-state index in [1.54, 1.807) is 0 Å². The van der Waals surface area contributed by atoms with Crippen molar-refractivity contribution >= 4 is 30.3 Å². The van der Waals surface area contributed by atoms with Gasteiger partial charge in [0.1, 0.15) is 18.5 Å². The van der Waals surface area contributed by atoms with Gasteiger partial charge < -0.3 is 30.6 Å². The van der Waals surface area contributed by atoms with Gasteiger partial charge in [0.2, 0.25) is 5.91 Å².